The first-order chi connectivity index (χ1) is 11.0. The Balaban J connectivity index is 1.74. The molecule has 1 N–H and O–H groups in total. The van der Waals surface area contributed by atoms with Crippen molar-refractivity contribution in [2.75, 3.05) is 19.8 Å². The van der Waals surface area contributed by atoms with E-state index in [0.29, 0.717) is 50.1 Å². The van der Waals surface area contributed by atoms with E-state index in [1.54, 1.807) is 12.1 Å². The summed E-state index contributed by atoms with van der Waals surface area (Å²) in [5.74, 6) is 1.43. The van der Waals surface area contributed by atoms with Crippen molar-refractivity contribution in [1.82, 2.24) is 4.72 Å². The first-order valence-electron chi connectivity index (χ1n) is 7.99. The van der Waals surface area contributed by atoms with Crippen LogP contribution in [0.25, 0.3) is 0 Å². The highest BCUT2D eigenvalue weighted by Crippen LogP contribution is 2.32. The Labute approximate surface area is 137 Å². The van der Waals surface area contributed by atoms with Gasteiger partial charge in [-0.15, -0.1) is 0 Å². The zero-order valence-corrected chi connectivity index (χ0v) is 14.3. The zero-order chi connectivity index (χ0) is 16.4. The van der Waals surface area contributed by atoms with Crippen LogP contribution >= 0.6 is 0 Å². The van der Waals surface area contributed by atoms with Gasteiger partial charge in [-0.05, 0) is 30.9 Å². The molecule has 2 aliphatic rings. The topological polar surface area (TPSA) is 73.9 Å². The molecule has 6 nitrogen and oxygen atoms in total. The summed E-state index contributed by atoms with van der Waals surface area (Å²) in [6.45, 7) is 5.66. The van der Waals surface area contributed by atoms with Crippen LogP contribution in [0.3, 0.4) is 0 Å². The van der Waals surface area contributed by atoms with Crippen molar-refractivity contribution in [1.29, 1.82) is 0 Å². The molecular weight excluding hydrogens is 318 g/mol. The van der Waals surface area contributed by atoms with Gasteiger partial charge in [-0.3, -0.25) is 0 Å². The quantitative estimate of drug-likeness (QED) is 0.906. The number of hydrogen-bond donors (Lipinski definition) is 1. The van der Waals surface area contributed by atoms with Crippen LogP contribution < -0.4 is 14.2 Å². The van der Waals surface area contributed by atoms with E-state index in [1.165, 1.54) is 6.07 Å². The molecule has 2 atom stereocenters. The van der Waals surface area contributed by atoms with Crippen LogP contribution in [-0.4, -0.2) is 40.4 Å². The molecule has 0 amide bonds. The van der Waals surface area contributed by atoms with E-state index < -0.39 is 10.0 Å². The maximum atomic E-state index is 12.6. The van der Waals surface area contributed by atoms with Gasteiger partial charge in [0.25, 0.3) is 0 Å². The average Bonchev–Trinajstić information content (AvgIpc) is 2.54. The van der Waals surface area contributed by atoms with E-state index in [4.69, 9.17) is 14.2 Å². The fourth-order valence-corrected chi connectivity index (χ4v) is 4.18. The molecule has 1 aromatic rings. The lowest BCUT2D eigenvalue weighted by molar-refractivity contribution is -0.0211. The summed E-state index contributed by atoms with van der Waals surface area (Å²) in [5.41, 5.74) is 0. The van der Waals surface area contributed by atoms with Gasteiger partial charge >= 0.3 is 0 Å². The molecule has 0 spiro atoms. The zero-order valence-electron chi connectivity index (χ0n) is 13.4. The molecular formula is C16H23NO5S. The lowest BCUT2D eigenvalue weighted by atomic mass is 9.96. The molecule has 0 bridgehead atoms. The third-order valence-corrected chi connectivity index (χ3v) is 5.72. The van der Waals surface area contributed by atoms with Gasteiger partial charge in [0.05, 0.1) is 11.0 Å². The summed E-state index contributed by atoms with van der Waals surface area (Å²) >= 11 is 0. The Morgan fingerprint density at radius 1 is 1.13 bits per heavy atom. The predicted molar refractivity (Wildman–Crippen MR) is 85.4 cm³/mol. The third-order valence-electron chi connectivity index (χ3n) is 4.20. The Kier molecular flexibility index (Phi) is 4.79. The van der Waals surface area contributed by atoms with E-state index in [9.17, 15) is 8.42 Å². The number of ether oxygens (including phenoxy) is 3. The van der Waals surface area contributed by atoms with Crippen molar-refractivity contribution in [3.05, 3.63) is 18.2 Å². The SMILES string of the molecule is CC(C)[C@H]1C[C@H](NS(=O)(=O)c2ccc3c(c2)OCCO3)CCO1. The predicted octanol–water partition coefficient (Wildman–Crippen LogP) is 1.94. The summed E-state index contributed by atoms with van der Waals surface area (Å²) in [6, 6.07) is 4.61. The van der Waals surface area contributed by atoms with Gasteiger partial charge in [-0.2, -0.15) is 0 Å². The van der Waals surface area contributed by atoms with Gasteiger partial charge in [0.2, 0.25) is 10.0 Å². The summed E-state index contributed by atoms with van der Waals surface area (Å²) in [6.07, 6.45) is 1.48. The summed E-state index contributed by atoms with van der Waals surface area (Å²) < 4.78 is 44.6. The lowest BCUT2D eigenvalue weighted by Crippen LogP contribution is -2.43. The maximum Gasteiger partial charge on any atom is 0.240 e. The molecule has 1 fully saturated rings. The second kappa shape index (κ2) is 6.67. The van der Waals surface area contributed by atoms with E-state index in [2.05, 4.69) is 18.6 Å². The number of sulfonamides is 1. The Bertz CT molecular complexity index is 658. The van der Waals surface area contributed by atoms with Crippen LogP contribution in [0.1, 0.15) is 26.7 Å². The third kappa shape index (κ3) is 3.79. The highest BCUT2D eigenvalue weighted by atomic mass is 32.2. The molecule has 0 saturated carbocycles. The molecule has 128 valence electrons. The van der Waals surface area contributed by atoms with Crippen LogP contribution in [0.2, 0.25) is 0 Å². The van der Waals surface area contributed by atoms with Gasteiger partial charge in [0, 0.05) is 18.7 Å². The number of benzene rings is 1. The van der Waals surface area contributed by atoms with E-state index >= 15 is 0 Å². The van der Waals surface area contributed by atoms with Crippen molar-refractivity contribution in [2.45, 2.75) is 43.7 Å². The van der Waals surface area contributed by atoms with Gasteiger partial charge in [-0.25, -0.2) is 13.1 Å². The molecule has 0 aliphatic carbocycles. The normalized spacial score (nSPS) is 24.7. The highest BCUT2D eigenvalue weighted by molar-refractivity contribution is 7.89. The minimum absolute atomic E-state index is 0.0942. The van der Waals surface area contributed by atoms with Crippen molar-refractivity contribution in [2.24, 2.45) is 5.92 Å². The summed E-state index contributed by atoms with van der Waals surface area (Å²) in [4.78, 5) is 0.203. The van der Waals surface area contributed by atoms with Crippen molar-refractivity contribution < 1.29 is 22.6 Å². The number of nitrogens with one attached hydrogen (secondary N) is 1. The highest BCUT2D eigenvalue weighted by Gasteiger charge is 2.29. The van der Waals surface area contributed by atoms with E-state index in [0.717, 1.165) is 0 Å². The standard InChI is InChI=1S/C16H23NO5S/c1-11(2)15-9-12(5-6-20-15)17-23(18,19)13-3-4-14-16(10-13)22-8-7-21-14/h3-4,10-12,15,17H,5-9H2,1-2H3/t12-,15-/m1/s1. The largest absolute Gasteiger partial charge is 0.486 e. The van der Waals surface area contributed by atoms with E-state index in [-0.39, 0.29) is 17.0 Å². The molecule has 0 radical (unpaired) electrons. The van der Waals surface area contributed by atoms with Gasteiger partial charge < -0.3 is 14.2 Å². The second-order valence-corrected chi connectivity index (χ2v) is 8.02. The lowest BCUT2D eigenvalue weighted by Gasteiger charge is -2.32. The smallest absolute Gasteiger partial charge is 0.240 e. The first-order valence-corrected chi connectivity index (χ1v) is 9.47. The fraction of sp³-hybridized carbons (Fsp3) is 0.625. The molecule has 3 rings (SSSR count). The number of hydrogen-bond acceptors (Lipinski definition) is 5. The molecule has 1 aromatic carbocycles. The minimum atomic E-state index is -3.58. The summed E-state index contributed by atoms with van der Waals surface area (Å²) in [7, 11) is -3.58. The number of rotatable bonds is 4. The first kappa shape index (κ1) is 16.5. The molecule has 2 aliphatic heterocycles. The van der Waals surface area contributed by atoms with Crippen LogP contribution in [-0.2, 0) is 14.8 Å². The Morgan fingerprint density at radius 3 is 2.61 bits per heavy atom. The second-order valence-electron chi connectivity index (χ2n) is 6.30. The van der Waals surface area contributed by atoms with Crippen LogP contribution in [0.15, 0.2) is 23.1 Å². The average molecular weight is 341 g/mol. The van der Waals surface area contributed by atoms with Gasteiger partial charge in [0.1, 0.15) is 13.2 Å². The summed E-state index contributed by atoms with van der Waals surface area (Å²) in [5, 5.41) is 0. The minimum Gasteiger partial charge on any atom is -0.486 e. The van der Waals surface area contributed by atoms with Gasteiger partial charge in [-0.1, -0.05) is 13.8 Å². The van der Waals surface area contributed by atoms with E-state index in [1.807, 2.05) is 0 Å². The molecule has 1 saturated heterocycles. The molecule has 2 heterocycles. The molecule has 7 heteroatoms. The van der Waals surface area contributed by atoms with Crippen molar-refractivity contribution in [3.63, 3.8) is 0 Å². The van der Waals surface area contributed by atoms with Crippen LogP contribution in [0.5, 0.6) is 11.5 Å². The molecule has 23 heavy (non-hydrogen) atoms. The Morgan fingerprint density at radius 2 is 1.87 bits per heavy atom. The molecule has 0 unspecified atom stereocenters. The monoisotopic (exact) mass is 341 g/mol. The van der Waals surface area contributed by atoms with Crippen molar-refractivity contribution >= 4 is 10.0 Å². The number of fused-ring (bicyclic) bond motifs is 1. The fourth-order valence-electron chi connectivity index (χ4n) is 2.88. The maximum absolute atomic E-state index is 12.6. The van der Waals surface area contributed by atoms with Crippen LogP contribution in [0.4, 0.5) is 0 Å². The van der Waals surface area contributed by atoms with Crippen LogP contribution in [0, 0.1) is 5.92 Å². The molecule has 0 aromatic heterocycles. The van der Waals surface area contributed by atoms with Crippen molar-refractivity contribution in [3.8, 4) is 11.5 Å². The Hall–Kier alpha value is -1.31. The van der Waals surface area contributed by atoms with Gasteiger partial charge in [0.15, 0.2) is 11.5 Å².